The molecule has 4 N–H and O–H groups in total. The molecule has 0 amide bonds. The summed E-state index contributed by atoms with van der Waals surface area (Å²) >= 11 is 20.1. The molecule has 40 heavy (non-hydrogen) atoms. The van der Waals surface area contributed by atoms with Crippen molar-refractivity contribution < 1.29 is 20.4 Å². The number of hydrogen-bond donors (Lipinski definition) is 4. The first kappa shape index (κ1) is 33.5. The van der Waals surface area contributed by atoms with E-state index in [0.29, 0.717) is 26.8 Å². The molecule has 0 aliphatic heterocycles. The van der Waals surface area contributed by atoms with Crippen LogP contribution in [0.25, 0.3) is 0 Å². The fourth-order valence-electron chi connectivity index (χ4n) is 3.98. The minimum atomic E-state index is -0.308. The standard InChI is InChI=1S/C15H12Br4O2.C15H14Br2O2/c1-15(2,7-3-9(16)13(20)10(17)4-7)8-5-11(18)14(21)12(19)6-8;1-15(2,9-3-5-13(18)11(16)7-9)10-4-6-14(19)12(17)8-10/h3-6,20-21H,1-2H3;3-8,18-19H,1-2H3. The topological polar surface area (TPSA) is 80.9 Å². The molecule has 0 unspecified atom stereocenters. The predicted molar refractivity (Wildman–Crippen MR) is 183 cm³/mol. The Morgan fingerprint density at radius 1 is 0.400 bits per heavy atom. The van der Waals surface area contributed by atoms with Gasteiger partial charge in [-0.05, 0) is 166 Å². The van der Waals surface area contributed by atoms with Gasteiger partial charge in [0.2, 0.25) is 0 Å². The molecule has 0 fully saturated rings. The van der Waals surface area contributed by atoms with Crippen LogP contribution in [0.3, 0.4) is 0 Å². The van der Waals surface area contributed by atoms with E-state index < -0.39 is 0 Å². The lowest BCUT2D eigenvalue weighted by Crippen LogP contribution is -2.19. The van der Waals surface area contributed by atoms with Gasteiger partial charge in [-0.15, -0.1) is 0 Å². The SMILES string of the molecule is CC(C)(c1cc(Br)c(O)c(Br)c1)c1cc(Br)c(O)c(Br)c1.CC(C)(c1ccc(O)c(Br)c1)c1ccc(O)c(Br)c1. The number of phenols is 4. The normalized spacial score (nSPS) is 11.7. The van der Waals surface area contributed by atoms with Crippen molar-refractivity contribution in [3.05, 3.63) is 110 Å². The molecule has 0 aromatic heterocycles. The zero-order valence-corrected chi connectivity index (χ0v) is 31.3. The average Bonchev–Trinajstić information content (AvgIpc) is 2.88. The summed E-state index contributed by atoms with van der Waals surface area (Å²) in [5.41, 5.74) is 3.68. The highest BCUT2D eigenvalue weighted by Gasteiger charge is 2.27. The number of aromatic hydroxyl groups is 4. The minimum absolute atomic E-state index is 0.183. The molecule has 0 atom stereocenters. The van der Waals surface area contributed by atoms with E-state index in [4.69, 9.17) is 0 Å². The molecule has 4 rings (SSSR count). The third-order valence-corrected chi connectivity index (χ3v) is 10.5. The molecule has 4 aromatic carbocycles. The smallest absolute Gasteiger partial charge is 0.143 e. The molecule has 0 saturated carbocycles. The van der Waals surface area contributed by atoms with Crippen molar-refractivity contribution in [2.75, 3.05) is 0 Å². The number of halogens is 6. The van der Waals surface area contributed by atoms with Gasteiger partial charge in [0.15, 0.2) is 0 Å². The van der Waals surface area contributed by atoms with Gasteiger partial charge >= 0.3 is 0 Å². The summed E-state index contributed by atoms with van der Waals surface area (Å²) in [7, 11) is 0. The predicted octanol–water partition coefficient (Wildman–Crippen LogP) is 11.4. The summed E-state index contributed by atoms with van der Waals surface area (Å²) in [6, 6.07) is 18.6. The summed E-state index contributed by atoms with van der Waals surface area (Å²) in [5, 5.41) is 38.8. The second kappa shape index (κ2) is 13.1. The number of rotatable bonds is 4. The Labute approximate surface area is 284 Å². The first-order valence-electron chi connectivity index (χ1n) is 11.8. The molecule has 0 aliphatic rings. The van der Waals surface area contributed by atoms with E-state index in [1.54, 1.807) is 12.1 Å². The van der Waals surface area contributed by atoms with Gasteiger partial charge in [0.1, 0.15) is 23.0 Å². The van der Waals surface area contributed by atoms with Gasteiger partial charge in [-0.1, -0.05) is 39.8 Å². The van der Waals surface area contributed by atoms with E-state index in [1.807, 2.05) is 48.5 Å². The second-order valence-corrected chi connectivity index (χ2v) is 15.3. The van der Waals surface area contributed by atoms with Gasteiger partial charge in [0, 0.05) is 10.8 Å². The van der Waals surface area contributed by atoms with E-state index in [0.717, 1.165) is 22.3 Å². The summed E-state index contributed by atoms with van der Waals surface area (Å²) in [6.45, 7) is 8.38. The van der Waals surface area contributed by atoms with Crippen molar-refractivity contribution in [1.82, 2.24) is 0 Å². The Bertz CT molecular complexity index is 1410. The van der Waals surface area contributed by atoms with Crippen molar-refractivity contribution in [3.63, 3.8) is 0 Å². The van der Waals surface area contributed by atoms with Crippen molar-refractivity contribution >= 4 is 95.6 Å². The first-order chi connectivity index (χ1) is 18.5. The van der Waals surface area contributed by atoms with Crippen molar-refractivity contribution in [2.24, 2.45) is 0 Å². The summed E-state index contributed by atoms with van der Waals surface area (Å²) < 4.78 is 3.90. The highest BCUT2D eigenvalue weighted by Crippen LogP contribution is 2.43. The van der Waals surface area contributed by atoms with Crippen LogP contribution >= 0.6 is 95.6 Å². The lowest BCUT2D eigenvalue weighted by atomic mass is 9.78. The maximum absolute atomic E-state index is 9.85. The number of benzene rings is 4. The van der Waals surface area contributed by atoms with Crippen LogP contribution in [0.15, 0.2) is 87.5 Å². The van der Waals surface area contributed by atoms with Gasteiger partial charge in [-0.2, -0.15) is 0 Å². The third kappa shape index (κ3) is 7.29. The maximum Gasteiger partial charge on any atom is 0.143 e. The average molecular weight is 930 g/mol. The Morgan fingerprint density at radius 3 is 0.925 bits per heavy atom. The maximum atomic E-state index is 9.85. The largest absolute Gasteiger partial charge is 0.507 e. The molecule has 10 heteroatoms. The molecule has 0 heterocycles. The highest BCUT2D eigenvalue weighted by molar-refractivity contribution is 9.11. The van der Waals surface area contributed by atoms with Crippen molar-refractivity contribution in [3.8, 4) is 23.0 Å². The molecule has 0 bridgehead atoms. The van der Waals surface area contributed by atoms with Crippen LogP contribution in [0.1, 0.15) is 49.9 Å². The van der Waals surface area contributed by atoms with Gasteiger partial charge in [0.25, 0.3) is 0 Å². The summed E-state index contributed by atoms with van der Waals surface area (Å²) in [4.78, 5) is 0. The summed E-state index contributed by atoms with van der Waals surface area (Å²) in [6.07, 6.45) is 0. The Hall–Kier alpha value is -1.04. The molecule has 4 aromatic rings. The fourth-order valence-corrected chi connectivity index (χ4v) is 7.11. The molecule has 0 spiro atoms. The highest BCUT2D eigenvalue weighted by atomic mass is 79.9. The van der Waals surface area contributed by atoms with Crippen LogP contribution in [0, 0.1) is 0 Å². The van der Waals surface area contributed by atoms with E-state index >= 15 is 0 Å². The van der Waals surface area contributed by atoms with Crippen LogP contribution in [0.4, 0.5) is 0 Å². The quantitative estimate of drug-likeness (QED) is 0.164. The Kier molecular flexibility index (Phi) is 10.9. The van der Waals surface area contributed by atoms with Gasteiger partial charge in [-0.3, -0.25) is 0 Å². The van der Waals surface area contributed by atoms with Crippen LogP contribution in [0.2, 0.25) is 0 Å². The molecule has 212 valence electrons. The van der Waals surface area contributed by atoms with Crippen molar-refractivity contribution in [2.45, 2.75) is 38.5 Å². The first-order valence-corrected chi connectivity index (χ1v) is 16.6. The van der Waals surface area contributed by atoms with Gasteiger partial charge in [0.05, 0.1) is 26.8 Å². The molecule has 0 radical (unpaired) electrons. The van der Waals surface area contributed by atoms with E-state index in [2.05, 4.69) is 123 Å². The zero-order chi connectivity index (χ0) is 30.2. The van der Waals surface area contributed by atoms with Crippen LogP contribution < -0.4 is 0 Å². The molecule has 0 aliphatic carbocycles. The Morgan fingerprint density at radius 2 is 0.650 bits per heavy atom. The van der Waals surface area contributed by atoms with E-state index in [9.17, 15) is 20.4 Å². The Balaban J connectivity index is 0.000000222. The third-order valence-electron chi connectivity index (χ3n) is 6.82. The van der Waals surface area contributed by atoms with E-state index in [-0.39, 0.29) is 33.8 Å². The van der Waals surface area contributed by atoms with Crippen molar-refractivity contribution in [1.29, 1.82) is 0 Å². The summed E-state index contributed by atoms with van der Waals surface area (Å²) in [5.74, 6) is 0.822. The van der Waals surface area contributed by atoms with Gasteiger partial charge < -0.3 is 20.4 Å². The molecular weight excluding hydrogens is 904 g/mol. The minimum Gasteiger partial charge on any atom is -0.507 e. The van der Waals surface area contributed by atoms with E-state index in [1.165, 1.54) is 0 Å². The zero-order valence-electron chi connectivity index (χ0n) is 21.8. The van der Waals surface area contributed by atoms with Gasteiger partial charge in [-0.25, -0.2) is 0 Å². The molecule has 0 saturated heterocycles. The van der Waals surface area contributed by atoms with Crippen LogP contribution in [-0.4, -0.2) is 20.4 Å². The number of phenolic OH excluding ortho intramolecular Hbond substituents is 4. The number of hydrogen-bond acceptors (Lipinski definition) is 4. The fraction of sp³-hybridized carbons (Fsp3) is 0.200. The molecular formula is C30H26Br6O4. The van der Waals surface area contributed by atoms with Crippen LogP contribution in [-0.2, 0) is 10.8 Å². The monoisotopic (exact) mass is 924 g/mol. The lowest BCUT2D eigenvalue weighted by Gasteiger charge is -2.27. The lowest BCUT2D eigenvalue weighted by molar-refractivity contribution is 0.466. The molecule has 4 nitrogen and oxygen atoms in total. The van der Waals surface area contributed by atoms with Crippen LogP contribution in [0.5, 0.6) is 23.0 Å². The second-order valence-electron chi connectivity index (χ2n) is 10.2.